The van der Waals surface area contributed by atoms with E-state index in [1.54, 1.807) is 18.2 Å². The summed E-state index contributed by atoms with van der Waals surface area (Å²) in [6.07, 6.45) is 4.08. The van der Waals surface area contributed by atoms with Crippen molar-refractivity contribution in [1.29, 1.82) is 0 Å². The zero-order chi connectivity index (χ0) is 27.6. The number of ether oxygens (including phenoxy) is 4. The van der Waals surface area contributed by atoms with E-state index in [-0.39, 0.29) is 19.8 Å². The maximum Gasteiger partial charge on any atom is 0.338 e. The smallest absolute Gasteiger partial charge is 0.338 e. The van der Waals surface area contributed by atoms with Gasteiger partial charge in [0, 0.05) is 11.6 Å². The molecule has 7 nitrogen and oxygen atoms in total. The van der Waals surface area contributed by atoms with Crippen LogP contribution >= 0.6 is 0 Å². The molecule has 0 heterocycles. The van der Waals surface area contributed by atoms with E-state index in [1.807, 2.05) is 54.6 Å². The average Bonchev–Trinajstić information content (AvgIpc) is 2.97. The first-order chi connectivity index (χ1) is 18.5. The molecular formula is C31H30O7. The summed E-state index contributed by atoms with van der Waals surface area (Å²) in [5, 5.41) is 0. The van der Waals surface area contributed by atoms with E-state index < -0.39 is 17.9 Å². The number of carbonyl (C=O) groups is 3. The summed E-state index contributed by atoms with van der Waals surface area (Å²) in [6, 6.07) is 23.9. The Balaban J connectivity index is 0.000000269. The van der Waals surface area contributed by atoms with Crippen molar-refractivity contribution in [3.8, 4) is 16.9 Å². The summed E-state index contributed by atoms with van der Waals surface area (Å²) < 4.78 is 20.3. The molecule has 0 aliphatic rings. The lowest BCUT2D eigenvalue weighted by atomic mass is 10.1. The Morgan fingerprint density at radius 1 is 0.658 bits per heavy atom. The fraction of sp³-hybridized carbons (Fsp3) is 0.129. The number of hydrogen-bond donors (Lipinski definition) is 0. The monoisotopic (exact) mass is 514 g/mol. The lowest BCUT2D eigenvalue weighted by Crippen LogP contribution is -2.10. The molecule has 3 aromatic carbocycles. The molecule has 0 unspecified atom stereocenters. The van der Waals surface area contributed by atoms with Gasteiger partial charge in [-0.15, -0.1) is 0 Å². The highest BCUT2D eigenvalue weighted by Crippen LogP contribution is 2.29. The zero-order valence-electron chi connectivity index (χ0n) is 21.0. The summed E-state index contributed by atoms with van der Waals surface area (Å²) in [4.78, 5) is 34.0. The molecule has 0 N–H and O–H groups in total. The summed E-state index contributed by atoms with van der Waals surface area (Å²) in [7, 11) is 0. The quantitative estimate of drug-likeness (QED) is 0.0987. The molecule has 0 aliphatic carbocycles. The molecular weight excluding hydrogens is 484 g/mol. The summed E-state index contributed by atoms with van der Waals surface area (Å²) in [5.41, 5.74) is 2.70. The first-order valence-electron chi connectivity index (χ1n) is 11.7. The van der Waals surface area contributed by atoms with Crippen LogP contribution in [0.1, 0.15) is 20.7 Å². The standard InChI is InChI=1S/C17H16O3.C14H14O4/c1-2-17(18)20-13-12-19-16-11-7-6-10-15(16)14-8-4-3-5-9-14;1-3-8-17-13(15)11-6-5-7-12(10-11)14(16)18-9-4-2/h2-11H,1,12-13H2;3-7,10H,1-2,8-9H2. The number of rotatable bonds is 12. The molecule has 196 valence electrons. The average molecular weight is 515 g/mol. The van der Waals surface area contributed by atoms with Gasteiger partial charge in [-0.05, 0) is 29.8 Å². The van der Waals surface area contributed by atoms with Gasteiger partial charge < -0.3 is 18.9 Å². The highest BCUT2D eigenvalue weighted by molar-refractivity contribution is 5.95. The number of hydrogen-bond acceptors (Lipinski definition) is 7. The Labute approximate surface area is 222 Å². The van der Waals surface area contributed by atoms with Crippen LogP contribution in [0.25, 0.3) is 11.1 Å². The Morgan fingerprint density at radius 2 is 1.24 bits per heavy atom. The van der Waals surface area contributed by atoms with E-state index in [0.29, 0.717) is 17.7 Å². The molecule has 0 radical (unpaired) electrons. The predicted octanol–water partition coefficient (Wildman–Crippen LogP) is 5.83. The first kappa shape index (κ1) is 29.3. The first-order valence-corrected chi connectivity index (χ1v) is 11.7. The van der Waals surface area contributed by atoms with Crippen molar-refractivity contribution in [2.45, 2.75) is 0 Å². The van der Waals surface area contributed by atoms with Gasteiger partial charge in [0.1, 0.15) is 32.2 Å². The molecule has 0 bridgehead atoms. The number of esters is 3. The molecule has 0 aliphatic heterocycles. The van der Waals surface area contributed by atoms with Gasteiger partial charge in [-0.1, -0.05) is 86.5 Å². The minimum Gasteiger partial charge on any atom is -0.489 e. The predicted molar refractivity (Wildman–Crippen MR) is 146 cm³/mol. The Bertz CT molecular complexity index is 1190. The van der Waals surface area contributed by atoms with E-state index in [2.05, 4.69) is 19.7 Å². The van der Waals surface area contributed by atoms with E-state index in [4.69, 9.17) is 18.9 Å². The van der Waals surface area contributed by atoms with Crippen LogP contribution in [0.2, 0.25) is 0 Å². The molecule has 3 rings (SSSR count). The van der Waals surface area contributed by atoms with Crippen molar-refractivity contribution in [2.24, 2.45) is 0 Å². The number of benzene rings is 3. The number of para-hydroxylation sites is 1. The maximum atomic E-state index is 11.6. The van der Waals surface area contributed by atoms with Gasteiger partial charge in [0.05, 0.1) is 11.1 Å². The second-order valence-corrected chi connectivity index (χ2v) is 7.44. The lowest BCUT2D eigenvalue weighted by molar-refractivity contribution is -0.138. The van der Waals surface area contributed by atoms with Crippen molar-refractivity contribution in [2.75, 3.05) is 26.4 Å². The molecule has 0 saturated carbocycles. The van der Waals surface area contributed by atoms with Gasteiger partial charge in [-0.25, -0.2) is 14.4 Å². The fourth-order valence-corrected chi connectivity index (χ4v) is 3.01. The van der Waals surface area contributed by atoms with Gasteiger partial charge in [0.15, 0.2) is 0 Å². The van der Waals surface area contributed by atoms with Crippen LogP contribution in [0.15, 0.2) is 117 Å². The molecule has 0 saturated heterocycles. The highest BCUT2D eigenvalue weighted by Gasteiger charge is 2.11. The molecule has 0 fully saturated rings. The van der Waals surface area contributed by atoms with Crippen LogP contribution in [0.5, 0.6) is 5.75 Å². The second-order valence-electron chi connectivity index (χ2n) is 7.44. The van der Waals surface area contributed by atoms with Crippen LogP contribution in [0, 0.1) is 0 Å². The Hall–Kier alpha value is -4.91. The van der Waals surface area contributed by atoms with E-state index in [0.717, 1.165) is 23.0 Å². The third kappa shape index (κ3) is 9.99. The van der Waals surface area contributed by atoms with Gasteiger partial charge in [-0.2, -0.15) is 0 Å². The third-order valence-corrected chi connectivity index (χ3v) is 4.72. The van der Waals surface area contributed by atoms with Crippen molar-refractivity contribution in [3.63, 3.8) is 0 Å². The minimum absolute atomic E-state index is 0.129. The highest BCUT2D eigenvalue weighted by atomic mass is 16.6. The van der Waals surface area contributed by atoms with E-state index in [9.17, 15) is 14.4 Å². The van der Waals surface area contributed by atoms with Crippen molar-refractivity contribution >= 4 is 17.9 Å². The largest absolute Gasteiger partial charge is 0.489 e. The van der Waals surface area contributed by atoms with E-state index in [1.165, 1.54) is 18.2 Å². The van der Waals surface area contributed by atoms with Crippen LogP contribution in [-0.2, 0) is 19.0 Å². The Morgan fingerprint density at radius 3 is 1.82 bits per heavy atom. The van der Waals surface area contributed by atoms with Crippen LogP contribution < -0.4 is 4.74 Å². The zero-order valence-corrected chi connectivity index (χ0v) is 21.0. The lowest BCUT2D eigenvalue weighted by Gasteiger charge is -2.11. The van der Waals surface area contributed by atoms with Gasteiger partial charge in [0.2, 0.25) is 0 Å². The molecule has 0 amide bonds. The molecule has 0 aromatic heterocycles. The summed E-state index contributed by atoms with van der Waals surface area (Å²) >= 11 is 0. The molecule has 0 atom stereocenters. The molecule has 0 spiro atoms. The van der Waals surface area contributed by atoms with Gasteiger partial charge in [0.25, 0.3) is 0 Å². The third-order valence-electron chi connectivity index (χ3n) is 4.72. The normalized spacial score (nSPS) is 9.58. The molecule has 38 heavy (non-hydrogen) atoms. The SMILES string of the molecule is C=CC(=O)OCCOc1ccccc1-c1ccccc1.C=CCOC(=O)c1cccc(C(=O)OCC=C)c1. The summed E-state index contributed by atoms with van der Waals surface area (Å²) in [5.74, 6) is -0.681. The van der Waals surface area contributed by atoms with Gasteiger partial charge in [-0.3, -0.25) is 0 Å². The topological polar surface area (TPSA) is 88.1 Å². The summed E-state index contributed by atoms with van der Waals surface area (Å²) in [6.45, 7) is 11.0. The molecule has 3 aromatic rings. The van der Waals surface area contributed by atoms with Gasteiger partial charge >= 0.3 is 17.9 Å². The second kappa shape index (κ2) is 16.7. The van der Waals surface area contributed by atoms with Crippen molar-refractivity contribution in [1.82, 2.24) is 0 Å². The minimum atomic E-state index is -0.506. The Kier molecular flexibility index (Phi) is 12.9. The van der Waals surface area contributed by atoms with Crippen molar-refractivity contribution < 1.29 is 33.3 Å². The van der Waals surface area contributed by atoms with Crippen molar-refractivity contribution in [3.05, 3.63) is 128 Å². The fourth-order valence-electron chi connectivity index (χ4n) is 3.01. The molecule has 7 heteroatoms. The number of carbonyl (C=O) groups excluding carboxylic acids is 3. The van der Waals surface area contributed by atoms with Crippen LogP contribution in [0.4, 0.5) is 0 Å². The maximum absolute atomic E-state index is 11.6. The van der Waals surface area contributed by atoms with Crippen LogP contribution in [-0.4, -0.2) is 44.3 Å². The van der Waals surface area contributed by atoms with Crippen LogP contribution in [0.3, 0.4) is 0 Å². The van der Waals surface area contributed by atoms with E-state index >= 15 is 0 Å².